The van der Waals surface area contributed by atoms with E-state index in [4.69, 9.17) is 4.84 Å². The molecule has 20 heavy (non-hydrogen) atoms. The SMILES string of the molecule is C[C@@H]1CCCCN1C(=O)[C@@H]1CC(c2ccccc2)=NO1. The van der Waals surface area contributed by atoms with Crippen LogP contribution in [0.25, 0.3) is 0 Å². The van der Waals surface area contributed by atoms with Crippen molar-refractivity contribution >= 4 is 11.6 Å². The Morgan fingerprint density at radius 2 is 2.10 bits per heavy atom. The highest BCUT2D eigenvalue weighted by Crippen LogP contribution is 2.23. The average Bonchev–Trinajstić information content (AvgIpc) is 2.98. The molecule has 0 saturated carbocycles. The maximum atomic E-state index is 12.5. The number of hydrogen-bond donors (Lipinski definition) is 0. The molecule has 0 aliphatic carbocycles. The van der Waals surface area contributed by atoms with Crippen LogP contribution in [0.5, 0.6) is 0 Å². The summed E-state index contributed by atoms with van der Waals surface area (Å²) in [6, 6.07) is 10.2. The lowest BCUT2D eigenvalue weighted by Crippen LogP contribution is -2.47. The summed E-state index contributed by atoms with van der Waals surface area (Å²) in [5.74, 6) is 0.0897. The first-order chi connectivity index (χ1) is 9.75. The van der Waals surface area contributed by atoms with Crippen molar-refractivity contribution in [3.05, 3.63) is 35.9 Å². The van der Waals surface area contributed by atoms with Gasteiger partial charge in [0.25, 0.3) is 5.91 Å². The van der Waals surface area contributed by atoms with Crippen molar-refractivity contribution in [1.82, 2.24) is 4.90 Å². The first-order valence-electron chi connectivity index (χ1n) is 7.34. The van der Waals surface area contributed by atoms with E-state index >= 15 is 0 Å². The van der Waals surface area contributed by atoms with E-state index < -0.39 is 6.10 Å². The molecule has 2 aliphatic rings. The van der Waals surface area contributed by atoms with Crippen LogP contribution in [0, 0.1) is 0 Å². The molecule has 4 heteroatoms. The molecule has 2 aliphatic heterocycles. The van der Waals surface area contributed by atoms with E-state index in [9.17, 15) is 4.79 Å². The van der Waals surface area contributed by atoms with Crippen LogP contribution >= 0.6 is 0 Å². The standard InChI is InChI=1S/C16H20N2O2/c1-12-7-5-6-10-18(12)16(19)15-11-14(17-20-15)13-8-3-2-4-9-13/h2-4,8-9,12,15H,5-7,10-11H2,1H3/t12-,15+/m1/s1. The first kappa shape index (κ1) is 13.2. The fraction of sp³-hybridized carbons (Fsp3) is 0.500. The topological polar surface area (TPSA) is 41.9 Å². The van der Waals surface area contributed by atoms with E-state index in [0.717, 1.165) is 30.7 Å². The van der Waals surface area contributed by atoms with Gasteiger partial charge in [-0.2, -0.15) is 0 Å². The number of rotatable bonds is 2. The minimum atomic E-state index is -0.439. The van der Waals surface area contributed by atoms with Crippen molar-refractivity contribution in [2.24, 2.45) is 5.16 Å². The summed E-state index contributed by atoms with van der Waals surface area (Å²) in [6.45, 7) is 2.96. The van der Waals surface area contributed by atoms with E-state index in [1.807, 2.05) is 35.2 Å². The molecule has 1 aromatic carbocycles. The zero-order valence-electron chi connectivity index (χ0n) is 11.8. The van der Waals surface area contributed by atoms with Crippen LogP contribution in [-0.2, 0) is 9.63 Å². The lowest BCUT2D eigenvalue weighted by atomic mass is 10.0. The minimum Gasteiger partial charge on any atom is -0.382 e. The molecule has 0 aromatic heterocycles. The Hall–Kier alpha value is -1.84. The fourth-order valence-electron chi connectivity index (χ4n) is 2.92. The Kier molecular flexibility index (Phi) is 3.72. The van der Waals surface area contributed by atoms with E-state index in [2.05, 4.69) is 12.1 Å². The summed E-state index contributed by atoms with van der Waals surface area (Å²) in [7, 11) is 0. The largest absolute Gasteiger partial charge is 0.382 e. The van der Waals surface area contributed by atoms with E-state index in [-0.39, 0.29) is 5.91 Å². The monoisotopic (exact) mass is 272 g/mol. The van der Waals surface area contributed by atoms with Gasteiger partial charge in [0.1, 0.15) is 0 Å². The molecule has 1 saturated heterocycles. The van der Waals surface area contributed by atoms with Crippen LogP contribution in [0.15, 0.2) is 35.5 Å². The van der Waals surface area contributed by atoms with Crippen LogP contribution in [0.4, 0.5) is 0 Å². The van der Waals surface area contributed by atoms with E-state index in [0.29, 0.717) is 12.5 Å². The third-order valence-corrected chi connectivity index (χ3v) is 4.14. The van der Waals surface area contributed by atoms with Crippen LogP contribution in [-0.4, -0.2) is 35.2 Å². The molecule has 1 fully saturated rings. The Morgan fingerprint density at radius 3 is 2.85 bits per heavy atom. The highest BCUT2D eigenvalue weighted by atomic mass is 16.6. The third kappa shape index (κ3) is 2.55. The number of likely N-dealkylation sites (tertiary alicyclic amines) is 1. The first-order valence-corrected chi connectivity index (χ1v) is 7.34. The molecule has 0 unspecified atom stereocenters. The Labute approximate surface area is 119 Å². The predicted octanol–water partition coefficient (Wildman–Crippen LogP) is 2.58. The molecule has 0 radical (unpaired) electrons. The van der Waals surface area contributed by atoms with Gasteiger partial charge in [0.15, 0.2) is 0 Å². The number of carbonyl (C=O) groups excluding carboxylic acids is 1. The Bertz CT molecular complexity index is 512. The number of piperidine rings is 1. The molecular weight excluding hydrogens is 252 g/mol. The molecule has 2 heterocycles. The second-order valence-electron chi connectivity index (χ2n) is 5.58. The summed E-state index contributed by atoms with van der Waals surface area (Å²) in [5.41, 5.74) is 1.91. The van der Waals surface area contributed by atoms with Crippen molar-refractivity contribution in [3.63, 3.8) is 0 Å². The summed E-state index contributed by atoms with van der Waals surface area (Å²) in [6.07, 6.45) is 3.53. The average molecular weight is 272 g/mol. The third-order valence-electron chi connectivity index (χ3n) is 4.14. The summed E-state index contributed by atoms with van der Waals surface area (Å²) in [5, 5.41) is 4.10. The van der Waals surface area contributed by atoms with Gasteiger partial charge in [-0.3, -0.25) is 4.79 Å². The number of nitrogens with zero attached hydrogens (tertiary/aromatic N) is 2. The predicted molar refractivity (Wildman–Crippen MR) is 77.5 cm³/mol. The van der Waals surface area contributed by atoms with Gasteiger partial charge in [0, 0.05) is 19.0 Å². The molecule has 3 rings (SSSR count). The van der Waals surface area contributed by atoms with Gasteiger partial charge >= 0.3 is 0 Å². The molecule has 0 N–H and O–H groups in total. The quantitative estimate of drug-likeness (QED) is 0.830. The molecule has 1 aromatic rings. The number of carbonyl (C=O) groups is 1. The highest BCUT2D eigenvalue weighted by Gasteiger charge is 2.34. The van der Waals surface area contributed by atoms with Gasteiger partial charge in [0.05, 0.1) is 5.71 Å². The van der Waals surface area contributed by atoms with Gasteiger partial charge in [-0.25, -0.2) is 0 Å². The maximum Gasteiger partial charge on any atom is 0.267 e. The lowest BCUT2D eigenvalue weighted by molar-refractivity contribution is -0.145. The van der Waals surface area contributed by atoms with E-state index in [1.54, 1.807) is 0 Å². The van der Waals surface area contributed by atoms with Crippen molar-refractivity contribution in [2.45, 2.75) is 44.8 Å². The van der Waals surface area contributed by atoms with Crippen LogP contribution in [0.2, 0.25) is 0 Å². The number of benzene rings is 1. The fourth-order valence-corrected chi connectivity index (χ4v) is 2.92. The van der Waals surface area contributed by atoms with Crippen molar-refractivity contribution in [2.75, 3.05) is 6.54 Å². The molecule has 0 spiro atoms. The lowest BCUT2D eigenvalue weighted by Gasteiger charge is -2.34. The smallest absolute Gasteiger partial charge is 0.267 e. The van der Waals surface area contributed by atoms with Crippen LogP contribution in [0.3, 0.4) is 0 Å². The summed E-state index contributed by atoms with van der Waals surface area (Å²) in [4.78, 5) is 19.9. The Balaban J connectivity index is 1.65. The molecule has 2 atom stereocenters. The molecule has 106 valence electrons. The number of oxime groups is 1. The maximum absolute atomic E-state index is 12.5. The van der Waals surface area contributed by atoms with Gasteiger partial charge in [-0.05, 0) is 31.7 Å². The number of hydrogen-bond acceptors (Lipinski definition) is 3. The second kappa shape index (κ2) is 5.65. The van der Waals surface area contributed by atoms with Gasteiger partial charge < -0.3 is 9.74 Å². The van der Waals surface area contributed by atoms with Gasteiger partial charge in [0.2, 0.25) is 6.10 Å². The molecule has 1 amide bonds. The van der Waals surface area contributed by atoms with E-state index in [1.165, 1.54) is 6.42 Å². The zero-order valence-corrected chi connectivity index (χ0v) is 11.8. The van der Waals surface area contributed by atoms with Gasteiger partial charge in [-0.1, -0.05) is 35.5 Å². The van der Waals surface area contributed by atoms with Crippen LogP contribution < -0.4 is 0 Å². The van der Waals surface area contributed by atoms with Crippen molar-refractivity contribution in [1.29, 1.82) is 0 Å². The van der Waals surface area contributed by atoms with Gasteiger partial charge in [-0.15, -0.1) is 0 Å². The van der Waals surface area contributed by atoms with Crippen molar-refractivity contribution in [3.8, 4) is 0 Å². The Morgan fingerprint density at radius 1 is 1.30 bits per heavy atom. The minimum absolute atomic E-state index is 0.0897. The molecule has 0 bridgehead atoms. The number of amides is 1. The zero-order chi connectivity index (χ0) is 13.9. The van der Waals surface area contributed by atoms with Crippen LogP contribution in [0.1, 0.15) is 38.2 Å². The summed E-state index contributed by atoms with van der Waals surface area (Å²) >= 11 is 0. The second-order valence-corrected chi connectivity index (χ2v) is 5.58. The molecular formula is C16H20N2O2. The summed E-state index contributed by atoms with van der Waals surface area (Å²) < 4.78 is 0. The normalized spacial score (nSPS) is 26.1. The highest BCUT2D eigenvalue weighted by molar-refractivity contribution is 6.04. The molecule has 4 nitrogen and oxygen atoms in total. The van der Waals surface area contributed by atoms with Crippen molar-refractivity contribution < 1.29 is 9.63 Å².